The zero-order valence-electron chi connectivity index (χ0n) is 12.1. The smallest absolute Gasteiger partial charge is 0.254 e. The van der Waals surface area contributed by atoms with Gasteiger partial charge in [-0.05, 0) is 32.0 Å². The van der Waals surface area contributed by atoms with E-state index < -0.39 is 0 Å². The molecule has 1 N–H and O–H groups in total. The van der Waals surface area contributed by atoms with E-state index in [2.05, 4.69) is 5.32 Å². The average Bonchev–Trinajstić information content (AvgIpc) is 2.82. The fourth-order valence-corrected chi connectivity index (χ4v) is 2.42. The van der Waals surface area contributed by atoms with Crippen molar-refractivity contribution in [3.05, 3.63) is 23.8 Å². The molecule has 0 aromatic heterocycles. The number of carbonyl (C=O) groups is 2. The third-order valence-electron chi connectivity index (χ3n) is 3.59. The van der Waals surface area contributed by atoms with Crippen molar-refractivity contribution in [2.75, 3.05) is 19.9 Å². The van der Waals surface area contributed by atoms with Crippen LogP contribution in [0.4, 0.5) is 0 Å². The van der Waals surface area contributed by atoms with E-state index in [4.69, 9.17) is 9.47 Å². The Morgan fingerprint density at radius 1 is 1.24 bits per heavy atom. The number of ether oxygens (including phenoxy) is 2. The minimum atomic E-state index is -0.106. The van der Waals surface area contributed by atoms with Gasteiger partial charge in [0.1, 0.15) is 0 Å². The largest absolute Gasteiger partial charge is 0.454 e. The Labute approximate surface area is 123 Å². The molecule has 0 aliphatic carbocycles. The Balaban J connectivity index is 1.59. The van der Waals surface area contributed by atoms with Crippen LogP contribution in [0.2, 0.25) is 0 Å². The summed E-state index contributed by atoms with van der Waals surface area (Å²) in [5.74, 6) is 1.08. The second kappa shape index (κ2) is 5.27. The quantitative estimate of drug-likeness (QED) is 0.902. The molecule has 0 saturated carbocycles. The molecule has 0 atom stereocenters. The van der Waals surface area contributed by atoms with Gasteiger partial charge in [-0.3, -0.25) is 9.59 Å². The van der Waals surface area contributed by atoms with Gasteiger partial charge < -0.3 is 19.7 Å². The lowest BCUT2D eigenvalue weighted by Crippen LogP contribution is -2.56. The minimum absolute atomic E-state index is 0.0136. The lowest BCUT2D eigenvalue weighted by molar-refractivity contribution is -0.129. The van der Waals surface area contributed by atoms with Crippen LogP contribution >= 0.6 is 0 Å². The Morgan fingerprint density at radius 3 is 2.67 bits per heavy atom. The van der Waals surface area contributed by atoms with Crippen molar-refractivity contribution in [3.8, 4) is 11.5 Å². The topological polar surface area (TPSA) is 67.9 Å². The number of amides is 2. The van der Waals surface area contributed by atoms with Crippen molar-refractivity contribution in [1.29, 1.82) is 0 Å². The summed E-state index contributed by atoms with van der Waals surface area (Å²) in [6.07, 6.45) is 0. The molecule has 1 aromatic rings. The van der Waals surface area contributed by atoms with Gasteiger partial charge in [0, 0.05) is 24.7 Å². The lowest BCUT2D eigenvalue weighted by Gasteiger charge is -2.38. The second-order valence-electron chi connectivity index (χ2n) is 5.64. The number of carbonyl (C=O) groups excluding carboxylic acids is 2. The summed E-state index contributed by atoms with van der Waals surface area (Å²) in [6.45, 7) is 4.96. The van der Waals surface area contributed by atoms with E-state index in [-0.39, 0.29) is 30.6 Å². The van der Waals surface area contributed by atoms with E-state index in [9.17, 15) is 9.59 Å². The van der Waals surface area contributed by atoms with Crippen LogP contribution in [-0.2, 0) is 4.79 Å². The van der Waals surface area contributed by atoms with E-state index in [1.807, 2.05) is 13.8 Å². The van der Waals surface area contributed by atoms with Crippen LogP contribution in [0.15, 0.2) is 18.2 Å². The minimum Gasteiger partial charge on any atom is -0.454 e. The third kappa shape index (κ3) is 2.66. The monoisotopic (exact) mass is 290 g/mol. The van der Waals surface area contributed by atoms with Crippen LogP contribution in [0.25, 0.3) is 0 Å². The zero-order valence-corrected chi connectivity index (χ0v) is 12.1. The zero-order chi connectivity index (χ0) is 15.0. The molecule has 0 bridgehead atoms. The van der Waals surface area contributed by atoms with Gasteiger partial charge >= 0.3 is 0 Å². The first-order valence-corrected chi connectivity index (χ1v) is 7.04. The number of hydrogen-bond donors (Lipinski definition) is 1. The number of benzene rings is 1. The van der Waals surface area contributed by atoms with Crippen molar-refractivity contribution in [2.45, 2.75) is 19.9 Å². The predicted molar refractivity (Wildman–Crippen MR) is 75.2 cm³/mol. The highest BCUT2D eigenvalue weighted by Crippen LogP contribution is 2.33. The molecule has 0 unspecified atom stereocenters. The van der Waals surface area contributed by atoms with Crippen molar-refractivity contribution in [1.82, 2.24) is 10.2 Å². The number of likely N-dealkylation sites (tertiary alicyclic amines) is 1. The van der Waals surface area contributed by atoms with E-state index >= 15 is 0 Å². The van der Waals surface area contributed by atoms with E-state index in [1.165, 1.54) is 0 Å². The number of nitrogens with one attached hydrogen (secondary N) is 1. The van der Waals surface area contributed by atoms with Gasteiger partial charge in [0.25, 0.3) is 5.91 Å². The van der Waals surface area contributed by atoms with Crippen LogP contribution < -0.4 is 14.8 Å². The van der Waals surface area contributed by atoms with E-state index in [0.29, 0.717) is 30.2 Å². The van der Waals surface area contributed by atoms with Gasteiger partial charge in [-0.15, -0.1) is 0 Å². The molecule has 2 amide bonds. The maximum atomic E-state index is 12.3. The molecule has 112 valence electrons. The van der Waals surface area contributed by atoms with Crippen molar-refractivity contribution >= 4 is 11.8 Å². The summed E-state index contributed by atoms with van der Waals surface area (Å²) in [7, 11) is 0. The summed E-state index contributed by atoms with van der Waals surface area (Å²) in [6, 6.07) is 5.26. The van der Waals surface area contributed by atoms with Crippen LogP contribution in [0.3, 0.4) is 0 Å². The maximum Gasteiger partial charge on any atom is 0.254 e. The molecule has 2 aliphatic rings. The summed E-state index contributed by atoms with van der Waals surface area (Å²) < 4.78 is 10.5. The first-order valence-electron chi connectivity index (χ1n) is 7.04. The highest BCUT2D eigenvalue weighted by molar-refractivity contribution is 5.96. The lowest BCUT2D eigenvalue weighted by atomic mass is 9.97. The Bertz CT molecular complexity index is 579. The molecule has 6 nitrogen and oxygen atoms in total. The first kappa shape index (κ1) is 13.7. The highest BCUT2D eigenvalue weighted by atomic mass is 16.7. The molecule has 1 saturated heterocycles. The predicted octanol–water partition coefficient (Wildman–Crippen LogP) is 1.01. The normalized spacial score (nSPS) is 16.8. The van der Waals surface area contributed by atoms with Crippen LogP contribution in [0, 0.1) is 5.92 Å². The number of fused-ring (bicyclic) bond motifs is 1. The summed E-state index contributed by atoms with van der Waals surface area (Å²) in [5.41, 5.74) is 0.557. The number of hydrogen-bond acceptors (Lipinski definition) is 4. The third-order valence-corrected chi connectivity index (χ3v) is 3.59. The summed E-state index contributed by atoms with van der Waals surface area (Å²) >= 11 is 0. The molecule has 0 radical (unpaired) electrons. The Hall–Kier alpha value is -2.24. The SMILES string of the molecule is CC(C)NC(=O)C1CN(C(=O)c2ccc3c(c2)OCO3)C1. The molecule has 21 heavy (non-hydrogen) atoms. The van der Waals surface area contributed by atoms with Gasteiger partial charge in [0.2, 0.25) is 12.7 Å². The molecule has 1 fully saturated rings. The fraction of sp³-hybridized carbons (Fsp3) is 0.467. The standard InChI is InChI=1S/C15H18N2O4/c1-9(2)16-14(18)11-6-17(7-11)15(19)10-3-4-12-13(5-10)21-8-20-12/h3-5,9,11H,6-8H2,1-2H3,(H,16,18). The van der Waals surface area contributed by atoms with E-state index in [1.54, 1.807) is 23.1 Å². The van der Waals surface area contributed by atoms with E-state index in [0.717, 1.165) is 0 Å². The van der Waals surface area contributed by atoms with Gasteiger partial charge in [-0.25, -0.2) is 0 Å². The van der Waals surface area contributed by atoms with Gasteiger partial charge in [0.15, 0.2) is 11.5 Å². The maximum absolute atomic E-state index is 12.3. The Kier molecular flexibility index (Phi) is 3.45. The molecular formula is C15H18N2O4. The second-order valence-corrected chi connectivity index (χ2v) is 5.64. The van der Waals surface area contributed by atoms with Gasteiger partial charge in [-0.2, -0.15) is 0 Å². The molecule has 6 heteroatoms. The van der Waals surface area contributed by atoms with Gasteiger partial charge in [-0.1, -0.05) is 0 Å². The molecule has 3 rings (SSSR count). The fourth-order valence-electron chi connectivity index (χ4n) is 2.42. The molecule has 0 spiro atoms. The van der Waals surface area contributed by atoms with Crippen molar-refractivity contribution in [3.63, 3.8) is 0 Å². The summed E-state index contributed by atoms with van der Waals surface area (Å²) in [4.78, 5) is 25.8. The van der Waals surface area contributed by atoms with Crippen molar-refractivity contribution in [2.24, 2.45) is 5.92 Å². The molecule has 1 aromatic carbocycles. The summed E-state index contributed by atoms with van der Waals surface area (Å²) in [5, 5.41) is 2.86. The number of rotatable bonds is 3. The van der Waals surface area contributed by atoms with Crippen LogP contribution in [0.5, 0.6) is 11.5 Å². The first-order chi connectivity index (χ1) is 10.0. The average molecular weight is 290 g/mol. The number of nitrogens with zero attached hydrogens (tertiary/aromatic N) is 1. The van der Waals surface area contributed by atoms with Crippen molar-refractivity contribution < 1.29 is 19.1 Å². The Morgan fingerprint density at radius 2 is 1.95 bits per heavy atom. The molecular weight excluding hydrogens is 272 g/mol. The molecule has 2 heterocycles. The van der Waals surface area contributed by atoms with Crippen LogP contribution in [0.1, 0.15) is 24.2 Å². The van der Waals surface area contributed by atoms with Gasteiger partial charge in [0.05, 0.1) is 5.92 Å². The molecule has 2 aliphatic heterocycles. The van der Waals surface area contributed by atoms with Crippen LogP contribution in [-0.4, -0.2) is 42.6 Å². The highest BCUT2D eigenvalue weighted by Gasteiger charge is 2.36.